The van der Waals surface area contributed by atoms with Gasteiger partial charge in [0.05, 0.1) is 4.90 Å². The first-order valence-corrected chi connectivity index (χ1v) is 11.1. The molecule has 0 radical (unpaired) electrons. The highest BCUT2D eigenvalue weighted by molar-refractivity contribution is 7.90. The Hall–Kier alpha value is -2.38. The number of amides is 2. The van der Waals surface area contributed by atoms with Gasteiger partial charge in [0.2, 0.25) is 0 Å². The van der Waals surface area contributed by atoms with Crippen LogP contribution in [0.3, 0.4) is 0 Å². The monoisotopic (exact) mass is 420 g/mol. The third-order valence-corrected chi connectivity index (χ3v) is 6.18. The lowest BCUT2D eigenvalue weighted by Gasteiger charge is -2.35. The number of nitrogens with zero attached hydrogens (tertiary/aromatic N) is 2. The summed E-state index contributed by atoms with van der Waals surface area (Å²) in [6, 6.07) is 11.3. The van der Waals surface area contributed by atoms with E-state index < -0.39 is 9.84 Å². The zero-order valence-electron chi connectivity index (χ0n) is 15.7. The minimum Gasteiger partial charge on any atom is -0.335 e. The Balaban J connectivity index is 1.70. The fourth-order valence-corrected chi connectivity index (χ4v) is 3.89. The molecule has 8 heteroatoms. The van der Waals surface area contributed by atoms with Crippen LogP contribution in [0.1, 0.15) is 26.3 Å². The summed E-state index contributed by atoms with van der Waals surface area (Å²) in [5.74, 6) is -0.319. The molecule has 2 amide bonds. The van der Waals surface area contributed by atoms with E-state index in [1.54, 1.807) is 47.1 Å². The number of halogens is 1. The second-order valence-corrected chi connectivity index (χ2v) is 9.29. The van der Waals surface area contributed by atoms with Gasteiger partial charge in [-0.2, -0.15) is 0 Å². The molecule has 1 heterocycles. The zero-order chi connectivity index (χ0) is 20.5. The standard InChI is InChI=1S/C20H21ClN2O4S/c1-14-3-8-17(28(2,26)27)13-18(14)20(25)23-11-9-22(10-12-23)19(24)15-4-6-16(21)7-5-15/h3-8,13H,9-12H2,1-2H3. The number of hydrogen-bond acceptors (Lipinski definition) is 4. The van der Waals surface area contributed by atoms with Crippen molar-refractivity contribution in [3.63, 3.8) is 0 Å². The zero-order valence-corrected chi connectivity index (χ0v) is 17.3. The van der Waals surface area contributed by atoms with Gasteiger partial charge in [-0.1, -0.05) is 17.7 Å². The first kappa shape index (κ1) is 20.4. The molecular formula is C20H21ClN2O4S. The molecule has 2 aromatic rings. The quantitative estimate of drug-likeness (QED) is 0.765. The summed E-state index contributed by atoms with van der Waals surface area (Å²) in [4.78, 5) is 29.0. The molecule has 1 fully saturated rings. The van der Waals surface area contributed by atoms with Crippen LogP contribution in [0.15, 0.2) is 47.4 Å². The van der Waals surface area contributed by atoms with Crippen LogP contribution in [0, 0.1) is 6.92 Å². The molecule has 0 aromatic heterocycles. The van der Waals surface area contributed by atoms with Crippen LogP contribution in [0.2, 0.25) is 5.02 Å². The fourth-order valence-electron chi connectivity index (χ4n) is 3.12. The van der Waals surface area contributed by atoms with Gasteiger partial charge in [-0.25, -0.2) is 8.42 Å². The maximum Gasteiger partial charge on any atom is 0.254 e. The lowest BCUT2D eigenvalue weighted by Crippen LogP contribution is -2.50. The Morgan fingerprint density at radius 1 is 0.893 bits per heavy atom. The average molecular weight is 421 g/mol. The number of benzene rings is 2. The molecule has 148 valence electrons. The second kappa shape index (κ2) is 7.93. The molecule has 28 heavy (non-hydrogen) atoms. The SMILES string of the molecule is Cc1ccc(S(C)(=O)=O)cc1C(=O)N1CCN(C(=O)c2ccc(Cl)cc2)CC1. The highest BCUT2D eigenvalue weighted by atomic mass is 35.5. The van der Waals surface area contributed by atoms with E-state index >= 15 is 0 Å². The van der Waals surface area contributed by atoms with E-state index in [0.717, 1.165) is 11.8 Å². The van der Waals surface area contributed by atoms with Crippen LogP contribution in [0.5, 0.6) is 0 Å². The molecule has 6 nitrogen and oxygen atoms in total. The maximum absolute atomic E-state index is 12.9. The van der Waals surface area contributed by atoms with Crippen molar-refractivity contribution in [3.05, 3.63) is 64.2 Å². The Kier molecular flexibility index (Phi) is 5.76. The molecule has 0 spiro atoms. The summed E-state index contributed by atoms with van der Waals surface area (Å²) in [6.45, 7) is 3.39. The van der Waals surface area contributed by atoms with Crippen LogP contribution in [-0.2, 0) is 9.84 Å². The Morgan fingerprint density at radius 2 is 1.43 bits per heavy atom. The van der Waals surface area contributed by atoms with Crippen molar-refractivity contribution in [2.75, 3.05) is 32.4 Å². The normalized spacial score (nSPS) is 14.8. The number of sulfone groups is 1. The minimum absolute atomic E-state index is 0.0981. The summed E-state index contributed by atoms with van der Waals surface area (Å²) in [6.07, 6.45) is 1.12. The second-order valence-electron chi connectivity index (χ2n) is 6.84. The number of aryl methyl sites for hydroxylation is 1. The minimum atomic E-state index is -3.39. The lowest BCUT2D eigenvalue weighted by atomic mass is 10.1. The first-order chi connectivity index (χ1) is 13.2. The highest BCUT2D eigenvalue weighted by Crippen LogP contribution is 2.19. The van der Waals surface area contributed by atoms with Gasteiger partial charge in [-0.15, -0.1) is 0 Å². The van der Waals surface area contributed by atoms with Gasteiger partial charge in [0.15, 0.2) is 9.84 Å². The molecule has 3 rings (SSSR count). The van der Waals surface area contributed by atoms with E-state index in [2.05, 4.69) is 0 Å². The van der Waals surface area contributed by atoms with Crippen molar-refractivity contribution in [1.82, 2.24) is 9.80 Å². The molecule has 0 N–H and O–H groups in total. The molecule has 1 aliphatic rings. The Bertz CT molecular complexity index is 1010. The molecule has 0 atom stereocenters. The number of rotatable bonds is 3. The van der Waals surface area contributed by atoms with Gasteiger partial charge in [0, 0.05) is 48.6 Å². The van der Waals surface area contributed by atoms with Gasteiger partial charge in [0.1, 0.15) is 0 Å². The van der Waals surface area contributed by atoms with Crippen molar-refractivity contribution in [1.29, 1.82) is 0 Å². The van der Waals surface area contributed by atoms with E-state index in [4.69, 9.17) is 11.6 Å². The lowest BCUT2D eigenvalue weighted by molar-refractivity contribution is 0.0535. The van der Waals surface area contributed by atoms with Crippen LogP contribution < -0.4 is 0 Å². The Labute approximate surface area is 169 Å². The van der Waals surface area contributed by atoms with E-state index in [9.17, 15) is 18.0 Å². The van der Waals surface area contributed by atoms with E-state index in [1.165, 1.54) is 12.1 Å². The van der Waals surface area contributed by atoms with Crippen molar-refractivity contribution in [2.45, 2.75) is 11.8 Å². The molecule has 0 bridgehead atoms. The van der Waals surface area contributed by atoms with Gasteiger partial charge in [-0.3, -0.25) is 9.59 Å². The summed E-state index contributed by atoms with van der Waals surface area (Å²) in [5.41, 5.74) is 1.65. The summed E-state index contributed by atoms with van der Waals surface area (Å²) < 4.78 is 23.6. The van der Waals surface area contributed by atoms with Crippen LogP contribution in [-0.4, -0.2) is 62.5 Å². The predicted octanol–water partition coefficient (Wildman–Crippen LogP) is 2.65. The molecule has 1 aliphatic heterocycles. The molecule has 2 aromatic carbocycles. The summed E-state index contributed by atoms with van der Waals surface area (Å²) in [5, 5.41) is 0.568. The average Bonchev–Trinajstić information content (AvgIpc) is 2.67. The van der Waals surface area contributed by atoms with Crippen molar-refractivity contribution >= 4 is 33.3 Å². The predicted molar refractivity (Wildman–Crippen MR) is 108 cm³/mol. The van der Waals surface area contributed by atoms with Crippen LogP contribution in [0.4, 0.5) is 0 Å². The molecule has 1 saturated heterocycles. The van der Waals surface area contributed by atoms with E-state index in [1.807, 2.05) is 0 Å². The third kappa shape index (κ3) is 4.36. The van der Waals surface area contributed by atoms with E-state index in [0.29, 0.717) is 42.3 Å². The number of carbonyl (C=O) groups is 2. The van der Waals surface area contributed by atoms with E-state index in [-0.39, 0.29) is 16.7 Å². The fraction of sp³-hybridized carbons (Fsp3) is 0.300. The number of piperazine rings is 1. The summed E-state index contributed by atoms with van der Waals surface area (Å²) in [7, 11) is -3.39. The van der Waals surface area contributed by atoms with Gasteiger partial charge in [-0.05, 0) is 48.9 Å². The van der Waals surface area contributed by atoms with Crippen LogP contribution >= 0.6 is 11.6 Å². The Morgan fingerprint density at radius 3 is 1.96 bits per heavy atom. The van der Waals surface area contributed by atoms with Crippen molar-refractivity contribution in [3.8, 4) is 0 Å². The van der Waals surface area contributed by atoms with Crippen LogP contribution in [0.25, 0.3) is 0 Å². The molecule has 0 saturated carbocycles. The third-order valence-electron chi connectivity index (χ3n) is 4.81. The van der Waals surface area contributed by atoms with Gasteiger partial charge >= 0.3 is 0 Å². The largest absolute Gasteiger partial charge is 0.335 e. The highest BCUT2D eigenvalue weighted by Gasteiger charge is 2.26. The van der Waals surface area contributed by atoms with Gasteiger partial charge < -0.3 is 9.80 Å². The van der Waals surface area contributed by atoms with Crippen molar-refractivity contribution in [2.24, 2.45) is 0 Å². The molecular weight excluding hydrogens is 400 g/mol. The first-order valence-electron chi connectivity index (χ1n) is 8.81. The molecule has 0 unspecified atom stereocenters. The smallest absolute Gasteiger partial charge is 0.254 e. The van der Waals surface area contributed by atoms with Crippen molar-refractivity contribution < 1.29 is 18.0 Å². The summed E-state index contributed by atoms with van der Waals surface area (Å²) >= 11 is 5.86. The number of hydrogen-bond donors (Lipinski definition) is 0. The maximum atomic E-state index is 12.9. The van der Waals surface area contributed by atoms with Gasteiger partial charge in [0.25, 0.3) is 11.8 Å². The topological polar surface area (TPSA) is 74.8 Å². The molecule has 0 aliphatic carbocycles. The number of carbonyl (C=O) groups excluding carboxylic acids is 2.